The summed E-state index contributed by atoms with van der Waals surface area (Å²) < 4.78 is 0. The molecule has 0 fully saturated rings. The van der Waals surface area contributed by atoms with E-state index >= 15 is 0 Å². The predicted molar refractivity (Wildman–Crippen MR) is 131 cm³/mol. The maximum absolute atomic E-state index is 13.2. The lowest BCUT2D eigenvalue weighted by atomic mass is 10.0. The zero-order chi connectivity index (χ0) is 23.0. The number of hydrogen-bond donors (Lipinski definition) is 2. The lowest BCUT2D eigenvalue weighted by Gasteiger charge is -2.25. The number of carbonyl (C=O) groups is 2. The zero-order valence-corrected chi connectivity index (χ0v) is 18.8. The minimum Gasteiger partial charge on any atom is -0.354 e. The summed E-state index contributed by atoms with van der Waals surface area (Å²) in [5.41, 5.74) is 3.65. The third kappa shape index (κ3) is 5.79. The van der Waals surface area contributed by atoms with E-state index in [9.17, 15) is 9.59 Å². The van der Waals surface area contributed by atoms with Crippen LogP contribution in [0.25, 0.3) is 11.0 Å². The second kappa shape index (κ2) is 10.8. The van der Waals surface area contributed by atoms with Gasteiger partial charge in [-0.25, -0.2) is 4.98 Å². The van der Waals surface area contributed by atoms with Gasteiger partial charge in [0.05, 0.1) is 11.0 Å². The number of aromatic nitrogens is 2. The third-order valence-electron chi connectivity index (χ3n) is 5.50. The summed E-state index contributed by atoms with van der Waals surface area (Å²) >= 11 is 6.02. The van der Waals surface area contributed by atoms with Crippen LogP contribution in [0, 0.1) is 0 Å². The van der Waals surface area contributed by atoms with Crippen LogP contribution in [0.5, 0.6) is 0 Å². The van der Waals surface area contributed by atoms with Gasteiger partial charge in [0.1, 0.15) is 6.04 Å². The molecule has 168 valence electrons. The number of nitrogens with zero attached hydrogens (tertiary/aromatic N) is 2. The molecule has 1 aromatic heterocycles. The Morgan fingerprint density at radius 3 is 2.45 bits per heavy atom. The summed E-state index contributed by atoms with van der Waals surface area (Å²) in [5, 5.41) is 3.61. The maximum atomic E-state index is 13.2. The highest BCUT2D eigenvalue weighted by molar-refractivity contribution is 6.30. The number of fused-ring (bicyclic) bond motifs is 1. The molecule has 0 saturated heterocycles. The smallest absolute Gasteiger partial charge is 0.243 e. The normalized spacial score (nSPS) is 11.8. The molecule has 4 aromatic rings. The molecule has 0 aliphatic rings. The molecule has 7 heteroatoms. The maximum Gasteiger partial charge on any atom is 0.243 e. The van der Waals surface area contributed by atoms with Crippen LogP contribution < -0.4 is 10.2 Å². The topological polar surface area (TPSA) is 78.1 Å². The Hall–Kier alpha value is -3.64. The largest absolute Gasteiger partial charge is 0.354 e. The number of rotatable bonds is 10. The molecule has 2 N–H and O–H groups in total. The van der Waals surface area contributed by atoms with Crippen LogP contribution in [0.15, 0.2) is 78.9 Å². The Bertz CT molecular complexity index is 1170. The highest BCUT2D eigenvalue weighted by Crippen LogP contribution is 2.20. The molecule has 0 radical (unpaired) electrons. The minimum absolute atomic E-state index is 0.231. The zero-order valence-electron chi connectivity index (χ0n) is 18.1. The third-order valence-corrected chi connectivity index (χ3v) is 5.75. The quantitative estimate of drug-likeness (QED) is 0.269. The van der Waals surface area contributed by atoms with Gasteiger partial charge in [0.2, 0.25) is 18.3 Å². The first-order valence-corrected chi connectivity index (χ1v) is 11.3. The van der Waals surface area contributed by atoms with E-state index in [2.05, 4.69) is 27.4 Å². The van der Waals surface area contributed by atoms with Gasteiger partial charge < -0.3 is 10.3 Å². The van der Waals surface area contributed by atoms with Gasteiger partial charge in [-0.05, 0) is 48.2 Å². The van der Waals surface area contributed by atoms with Gasteiger partial charge >= 0.3 is 0 Å². The highest BCUT2D eigenvalue weighted by Gasteiger charge is 2.28. The number of halogens is 1. The lowest BCUT2D eigenvalue weighted by molar-refractivity contribution is -0.123. The summed E-state index contributed by atoms with van der Waals surface area (Å²) in [6.45, 7) is 0.512. The fraction of sp³-hybridized carbons (Fsp3) is 0.192. The first kappa shape index (κ1) is 22.6. The number of imidazole rings is 1. The molecule has 3 aromatic carbocycles. The predicted octanol–water partition coefficient (Wildman–Crippen LogP) is 4.54. The molecule has 1 atom stereocenters. The molecular formula is C26H25ClN4O2. The van der Waals surface area contributed by atoms with E-state index in [1.165, 1.54) is 10.5 Å². The molecule has 0 aliphatic carbocycles. The van der Waals surface area contributed by atoms with Crippen LogP contribution in [-0.4, -0.2) is 34.9 Å². The van der Waals surface area contributed by atoms with Crippen LogP contribution in [0.2, 0.25) is 5.02 Å². The molecule has 2 amide bonds. The first-order valence-electron chi connectivity index (χ1n) is 10.9. The van der Waals surface area contributed by atoms with Gasteiger partial charge in [0.15, 0.2) is 0 Å². The summed E-state index contributed by atoms with van der Waals surface area (Å²) in [7, 11) is 0. The fourth-order valence-corrected chi connectivity index (χ4v) is 3.89. The van der Waals surface area contributed by atoms with Crippen molar-refractivity contribution in [1.29, 1.82) is 0 Å². The summed E-state index contributed by atoms with van der Waals surface area (Å²) in [5.74, 6) is 0.107. The van der Waals surface area contributed by atoms with Crippen molar-refractivity contribution in [3.05, 3.63) is 95.0 Å². The second-order valence-corrected chi connectivity index (χ2v) is 8.25. The number of benzene rings is 3. The van der Waals surface area contributed by atoms with E-state index in [1.807, 2.05) is 54.6 Å². The van der Waals surface area contributed by atoms with Crippen LogP contribution in [0.1, 0.15) is 17.5 Å². The first-order chi connectivity index (χ1) is 16.1. The monoisotopic (exact) mass is 460 g/mol. The Balaban J connectivity index is 1.51. The Labute approximate surface area is 197 Å². The average Bonchev–Trinajstić information content (AvgIpc) is 3.27. The van der Waals surface area contributed by atoms with Crippen LogP contribution >= 0.6 is 11.6 Å². The lowest BCUT2D eigenvalue weighted by Crippen LogP contribution is -2.48. The number of aromatic amines is 1. The fourth-order valence-electron chi connectivity index (χ4n) is 3.76. The van der Waals surface area contributed by atoms with Crippen molar-refractivity contribution in [3.63, 3.8) is 0 Å². The van der Waals surface area contributed by atoms with Crippen molar-refractivity contribution >= 4 is 40.9 Å². The molecule has 4 rings (SSSR count). The van der Waals surface area contributed by atoms with Crippen LogP contribution in [0.3, 0.4) is 0 Å². The number of hydrogen-bond acceptors (Lipinski definition) is 3. The van der Waals surface area contributed by atoms with Gasteiger partial charge in [-0.15, -0.1) is 0 Å². The Kier molecular flexibility index (Phi) is 7.37. The average molecular weight is 461 g/mol. The molecule has 1 heterocycles. The summed E-state index contributed by atoms with van der Waals surface area (Å²) in [6.07, 6.45) is 2.65. The van der Waals surface area contributed by atoms with Gasteiger partial charge in [-0.1, -0.05) is 66.2 Å². The molecule has 0 spiro atoms. The van der Waals surface area contributed by atoms with Crippen molar-refractivity contribution in [1.82, 2.24) is 15.3 Å². The van der Waals surface area contributed by atoms with Gasteiger partial charge in [0.25, 0.3) is 0 Å². The molecular weight excluding hydrogens is 436 g/mol. The molecule has 0 unspecified atom stereocenters. The van der Waals surface area contributed by atoms with E-state index in [4.69, 9.17) is 11.6 Å². The second-order valence-electron chi connectivity index (χ2n) is 7.82. The number of anilines is 1. The van der Waals surface area contributed by atoms with Crippen molar-refractivity contribution in [2.24, 2.45) is 0 Å². The van der Waals surface area contributed by atoms with Gasteiger partial charge in [0, 0.05) is 18.0 Å². The number of amides is 2. The van der Waals surface area contributed by atoms with Gasteiger partial charge in [-0.3, -0.25) is 14.5 Å². The standard InChI is InChI=1S/C26H25ClN4O2/c27-21-14-12-20(13-15-21)17-24(25(33)28-16-6-9-19-7-2-1-3-8-19)31(18-32)26-29-22-10-4-5-11-23(22)30-26/h1-5,7-8,10-15,18,24H,6,9,16-17H2,(H,28,33)(H,29,30)/t24-/m0/s1. The molecule has 6 nitrogen and oxygen atoms in total. The van der Waals surface area contributed by atoms with E-state index in [0.29, 0.717) is 30.3 Å². The molecule has 0 saturated carbocycles. The Morgan fingerprint density at radius 1 is 1.00 bits per heavy atom. The Morgan fingerprint density at radius 2 is 1.73 bits per heavy atom. The number of aryl methyl sites for hydroxylation is 1. The van der Waals surface area contributed by atoms with Crippen molar-refractivity contribution < 1.29 is 9.59 Å². The van der Waals surface area contributed by atoms with E-state index in [0.717, 1.165) is 29.4 Å². The summed E-state index contributed by atoms with van der Waals surface area (Å²) in [6, 6.07) is 24.2. The van der Waals surface area contributed by atoms with Crippen molar-refractivity contribution in [3.8, 4) is 0 Å². The van der Waals surface area contributed by atoms with Crippen molar-refractivity contribution in [2.45, 2.75) is 25.3 Å². The van der Waals surface area contributed by atoms with E-state index in [1.54, 1.807) is 12.1 Å². The molecule has 33 heavy (non-hydrogen) atoms. The van der Waals surface area contributed by atoms with Crippen LogP contribution in [-0.2, 0) is 22.4 Å². The molecule has 0 bridgehead atoms. The molecule has 0 aliphatic heterocycles. The van der Waals surface area contributed by atoms with Gasteiger partial charge in [-0.2, -0.15) is 0 Å². The minimum atomic E-state index is -0.763. The number of para-hydroxylation sites is 2. The highest BCUT2D eigenvalue weighted by atomic mass is 35.5. The van der Waals surface area contributed by atoms with E-state index in [-0.39, 0.29) is 5.91 Å². The summed E-state index contributed by atoms with van der Waals surface area (Å²) in [4.78, 5) is 34.4. The van der Waals surface area contributed by atoms with Crippen LogP contribution in [0.4, 0.5) is 5.95 Å². The SMILES string of the molecule is O=CN(c1nc2ccccc2[nH]1)[C@@H](Cc1ccc(Cl)cc1)C(=O)NCCCc1ccccc1. The number of H-pyrrole nitrogens is 1. The van der Waals surface area contributed by atoms with E-state index < -0.39 is 6.04 Å². The number of nitrogens with one attached hydrogen (secondary N) is 2. The number of carbonyl (C=O) groups excluding carboxylic acids is 2. The van der Waals surface area contributed by atoms with Crippen molar-refractivity contribution in [2.75, 3.05) is 11.4 Å².